The number of carboxylic acids is 1. The molecular weight excluding hydrogens is 637 g/mol. The number of nitrogens with one attached hydrogen (secondary N) is 2. The van der Waals surface area contributed by atoms with Gasteiger partial charge in [-0.2, -0.15) is 0 Å². The van der Waals surface area contributed by atoms with Crippen LogP contribution in [0, 0.1) is 12.8 Å². The van der Waals surface area contributed by atoms with E-state index in [1.165, 1.54) is 12.1 Å². The summed E-state index contributed by atoms with van der Waals surface area (Å²) < 4.78 is 29.7. The third-order valence-electron chi connectivity index (χ3n) is 8.65. The van der Waals surface area contributed by atoms with Crippen molar-refractivity contribution in [3.63, 3.8) is 0 Å². The minimum Gasteiger partial charge on any atom is -0.480 e. The predicted octanol–water partition coefficient (Wildman–Crippen LogP) is 6.28. The number of sulfonamides is 1. The van der Waals surface area contributed by atoms with Crippen LogP contribution in [-0.4, -0.2) is 60.7 Å². The van der Waals surface area contributed by atoms with Crippen LogP contribution in [0.2, 0.25) is 0 Å². The number of amides is 1. The average molecular weight is 681 g/mol. The lowest BCUT2D eigenvalue weighted by molar-refractivity contribution is -0.139. The van der Waals surface area contributed by atoms with Crippen molar-refractivity contribution >= 4 is 33.3 Å². The number of aliphatic imine (C=N–C) groups is 1. The molecule has 1 amide bonds. The number of carbonyl (C=O) groups is 2. The van der Waals surface area contributed by atoms with Gasteiger partial charge in [0.15, 0.2) is 6.04 Å². The molecule has 0 radical (unpaired) electrons. The molecule has 9 nitrogen and oxygen atoms in total. The molecule has 0 spiro atoms. The van der Waals surface area contributed by atoms with Crippen molar-refractivity contribution in [1.29, 1.82) is 0 Å². The van der Waals surface area contributed by atoms with Gasteiger partial charge in [-0.3, -0.25) is 14.7 Å². The number of rotatable bonds is 14. The van der Waals surface area contributed by atoms with Crippen LogP contribution in [0.4, 0.5) is 5.69 Å². The number of hydrogen-bond donors (Lipinski definition) is 3. The van der Waals surface area contributed by atoms with Crippen molar-refractivity contribution in [2.24, 2.45) is 10.9 Å². The van der Waals surface area contributed by atoms with E-state index in [0.717, 1.165) is 30.5 Å². The van der Waals surface area contributed by atoms with Gasteiger partial charge in [0, 0.05) is 17.7 Å². The highest BCUT2D eigenvalue weighted by Gasteiger charge is 2.34. The highest BCUT2D eigenvalue weighted by molar-refractivity contribution is 7.89. The van der Waals surface area contributed by atoms with Crippen LogP contribution in [0.25, 0.3) is 0 Å². The lowest BCUT2D eigenvalue weighted by Gasteiger charge is -2.26. The lowest BCUT2D eigenvalue weighted by atomic mass is 9.96. The molecule has 49 heavy (non-hydrogen) atoms. The summed E-state index contributed by atoms with van der Waals surface area (Å²) in [6.45, 7) is 7.14. The Morgan fingerprint density at radius 2 is 1.53 bits per heavy atom. The first-order valence-corrected chi connectivity index (χ1v) is 18.1. The van der Waals surface area contributed by atoms with Gasteiger partial charge in [-0.1, -0.05) is 110 Å². The quantitative estimate of drug-likeness (QED) is 0.135. The second-order valence-corrected chi connectivity index (χ2v) is 14.7. The normalized spacial score (nSPS) is 16.7. The maximum absolute atomic E-state index is 13.8. The first-order valence-electron chi connectivity index (χ1n) is 16.6. The maximum Gasteiger partial charge on any atom is 0.330 e. The van der Waals surface area contributed by atoms with E-state index in [1.807, 2.05) is 81.4 Å². The minimum absolute atomic E-state index is 0.0419. The van der Waals surface area contributed by atoms with Crippen LogP contribution >= 0.6 is 0 Å². The van der Waals surface area contributed by atoms with Crippen LogP contribution in [0.1, 0.15) is 55.4 Å². The Morgan fingerprint density at radius 1 is 0.898 bits per heavy atom. The van der Waals surface area contributed by atoms with Crippen LogP contribution < -0.4 is 10.0 Å². The summed E-state index contributed by atoms with van der Waals surface area (Å²) in [5.74, 6) is -1.46. The topological polar surface area (TPSA) is 128 Å². The molecule has 1 aliphatic rings. The molecule has 1 heterocycles. The molecule has 256 valence electrons. The molecule has 3 atom stereocenters. The fourth-order valence-corrected chi connectivity index (χ4v) is 7.49. The van der Waals surface area contributed by atoms with Crippen molar-refractivity contribution in [1.82, 2.24) is 9.62 Å². The molecule has 1 aliphatic heterocycles. The van der Waals surface area contributed by atoms with E-state index < -0.39 is 28.1 Å². The van der Waals surface area contributed by atoms with E-state index in [0.29, 0.717) is 29.1 Å². The van der Waals surface area contributed by atoms with E-state index in [2.05, 4.69) is 27.1 Å². The monoisotopic (exact) mass is 680 g/mol. The molecule has 1 saturated heterocycles. The summed E-state index contributed by atoms with van der Waals surface area (Å²) >= 11 is 0. The number of carboxylic acid groups (broad SMARTS) is 1. The second-order valence-electron chi connectivity index (χ2n) is 12.9. The van der Waals surface area contributed by atoms with Gasteiger partial charge in [-0.25, -0.2) is 17.9 Å². The lowest BCUT2D eigenvalue weighted by Crippen LogP contribution is -2.47. The largest absolute Gasteiger partial charge is 0.480 e. The molecule has 4 aromatic rings. The number of benzene rings is 4. The Hall–Kier alpha value is -4.64. The van der Waals surface area contributed by atoms with E-state index in [9.17, 15) is 23.1 Å². The summed E-state index contributed by atoms with van der Waals surface area (Å²) in [5, 5.41) is 13.7. The molecule has 1 fully saturated rings. The minimum atomic E-state index is -4.07. The van der Waals surface area contributed by atoms with Gasteiger partial charge >= 0.3 is 5.97 Å². The highest BCUT2D eigenvalue weighted by atomic mass is 32.2. The summed E-state index contributed by atoms with van der Waals surface area (Å²) in [6, 6.07) is 29.9. The number of carbonyl (C=O) groups excluding carboxylic acids is 1. The molecule has 0 unspecified atom stereocenters. The second kappa shape index (κ2) is 16.2. The molecule has 5 rings (SSSR count). The Labute approximate surface area is 289 Å². The summed E-state index contributed by atoms with van der Waals surface area (Å²) in [5.41, 5.74) is 4.03. The Morgan fingerprint density at radius 3 is 2.18 bits per heavy atom. The van der Waals surface area contributed by atoms with Gasteiger partial charge in [-0.05, 0) is 62.4 Å². The predicted molar refractivity (Wildman–Crippen MR) is 193 cm³/mol. The number of likely N-dealkylation sites (tertiary alicyclic amines) is 1. The van der Waals surface area contributed by atoms with Crippen LogP contribution in [0.15, 0.2) is 119 Å². The summed E-state index contributed by atoms with van der Waals surface area (Å²) in [4.78, 5) is 33.9. The molecule has 0 aliphatic carbocycles. The highest BCUT2D eigenvalue weighted by Crippen LogP contribution is 2.26. The van der Waals surface area contributed by atoms with E-state index in [1.54, 1.807) is 24.3 Å². The molecule has 0 aromatic heterocycles. The van der Waals surface area contributed by atoms with Crippen molar-refractivity contribution < 1.29 is 23.1 Å². The van der Waals surface area contributed by atoms with Crippen LogP contribution in [-0.2, 0) is 26.2 Å². The number of anilines is 1. The van der Waals surface area contributed by atoms with Crippen LogP contribution in [0.5, 0.6) is 0 Å². The van der Waals surface area contributed by atoms with Crippen molar-refractivity contribution in [2.45, 2.75) is 69.6 Å². The standard InChI is InChI=1S/C39H44N4O5S/c1-27(2)25-34(42-49(47,48)31-22-20-28(3)21-23-31)37(39(45)46)41-36(30-15-8-5-9-16-30)32-17-10-11-18-33(32)40-38(44)35-19-12-24-43(35)26-29-13-6-4-7-14-29/h4-11,13-18,20-23,27,34-35,37,42H,12,19,24-26H2,1-3H3,(H,40,44)(H,45,46)/t34-,35+,37+/m0/s1. The average Bonchev–Trinajstić information content (AvgIpc) is 3.54. The van der Waals surface area contributed by atoms with E-state index in [-0.39, 0.29) is 29.2 Å². The number of aryl methyl sites for hydroxylation is 1. The van der Waals surface area contributed by atoms with Gasteiger partial charge in [0.05, 0.1) is 28.4 Å². The SMILES string of the molecule is Cc1ccc(S(=O)(=O)N[C@@H](CC(C)C)[C@@H](N=C(c2ccccc2)c2ccccc2NC(=O)[C@H]2CCCN2Cc2ccccc2)C(=O)O)cc1. The fourth-order valence-electron chi connectivity index (χ4n) is 6.23. The Balaban J connectivity index is 1.51. The van der Waals surface area contributed by atoms with Crippen molar-refractivity contribution in [2.75, 3.05) is 11.9 Å². The van der Waals surface area contributed by atoms with Gasteiger partial charge in [-0.15, -0.1) is 0 Å². The third-order valence-corrected chi connectivity index (χ3v) is 10.2. The Bertz CT molecular complexity index is 1860. The molecule has 3 N–H and O–H groups in total. The van der Waals surface area contributed by atoms with E-state index in [4.69, 9.17) is 4.99 Å². The zero-order valence-corrected chi connectivity index (χ0v) is 28.9. The first-order chi connectivity index (χ1) is 23.5. The summed E-state index contributed by atoms with van der Waals surface area (Å²) in [7, 11) is -4.07. The smallest absolute Gasteiger partial charge is 0.330 e. The number of nitrogens with zero attached hydrogens (tertiary/aromatic N) is 2. The Kier molecular flexibility index (Phi) is 11.8. The van der Waals surface area contributed by atoms with Crippen molar-refractivity contribution in [3.8, 4) is 0 Å². The molecule has 4 aromatic carbocycles. The number of hydrogen-bond acceptors (Lipinski definition) is 6. The fraction of sp³-hybridized carbons (Fsp3) is 0.308. The first kappa shape index (κ1) is 35.7. The zero-order valence-electron chi connectivity index (χ0n) is 28.1. The number of para-hydroxylation sites is 1. The van der Waals surface area contributed by atoms with E-state index >= 15 is 0 Å². The number of aliphatic carboxylic acids is 1. The van der Waals surface area contributed by atoms with Crippen molar-refractivity contribution in [3.05, 3.63) is 131 Å². The molecule has 10 heteroatoms. The third kappa shape index (κ3) is 9.29. The van der Waals surface area contributed by atoms with Crippen LogP contribution in [0.3, 0.4) is 0 Å². The zero-order chi connectivity index (χ0) is 35.0. The van der Waals surface area contributed by atoms with Gasteiger partial charge < -0.3 is 10.4 Å². The molecular formula is C39H44N4O5S. The van der Waals surface area contributed by atoms with Gasteiger partial charge in [0.1, 0.15) is 0 Å². The maximum atomic E-state index is 13.8. The molecule has 0 bridgehead atoms. The molecule has 0 saturated carbocycles. The van der Waals surface area contributed by atoms with Gasteiger partial charge in [0.2, 0.25) is 15.9 Å². The van der Waals surface area contributed by atoms with Gasteiger partial charge in [0.25, 0.3) is 0 Å². The summed E-state index contributed by atoms with van der Waals surface area (Å²) in [6.07, 6.45) is 1.85.